The van der Waals surface area contributed by atoms with E-state index in [2.05, 4.69) is 4.98 Å². The summed E-state index contributed by atoms with van der Waals surface area (Å²) < 4.78 is 25.4. The summed E-state index contributed by atoms with van der Waals surface area (Å²) in [6.45, 7) is 1.64. The molecule has 1 N–H and O–H groups in total. The van der Waals surface area contributed by atoms with Crippen LogP contribution in [0.3, 0.4) is 0 Å². The van der Waals surface area contributed by atoms with Crippen molar-refractivity contribution in [2.45, 2.75) is 17.6 Å². The highest BCUT2D eigenvalue weighted by molar-refractivity contribution is 7.90. The first-order valence-corrected chi connectivity index (χ1v) is 9.66. The van der Waals surface area contributed by atoms with Crippen molar-refractivity contribution < 1.29 is 8.42 Å². The van der Waals surface area contributed by atoms with Gasteiger partial charge in [0.1, 0.15) is 4.90 Å². The van der Waals surface area contributed by atoms with Crippen LogP contribution in [0, 0.1) is 6.92 Å². The zero-order chi connectivity index (χ0) is 18.0. The molecule has 3 aromatic rings. The van der Waals surface area contributed by atoms with Crippen LogP contribution < -0.4 is 5.56 Å². The topological polar surface area (TPSA) is 67.0 Å². The Morgan fingerprint density at radius 2 is 1.64 bits per heavy atom. The first-order valence-electron chi connectivity index (χ1n) is 7.63. The molecule has 0 spiro atoms. The van der Waals surface area contributed by atoms with Crippen LogP contribution in [0.4, 0.5) is 0 Å². The zero-order valence-corrected chi connectivity index (χ0v) is 15.1. The molecule has 2 aromatic carbocycles. The van der Waals surface area contributed by atoms with E-state index in [0.29, 0.717) is 21.8 Å². The van der Waals surface area contributed by atoms with E-state index in [4.69, 9.17) is 11.6 Å². The molecule has 0 saturated carbocycles. The minimum Gasteiger partial charge on any atom is -0.321 e. The molecule has 25 heavy (non-hydrogen) atoms. The number of aryl methyl sites for hydroxylation is 1. The lowest BCUT2D eigenvalue weighted by atomic mass is 10.1. The van der Waals surface area contributed by atoms with Crippen LogP contribution >= 0.6 is 11.6 Å². The van der Waals surface area contributed by atoms with E-state index in [0.717, 1.165) is 5.56 Å². The molecule has 1 aromatic heterocycles. The zero-order valence-electron chi connectivity index (χ0n) is 13.5. The van der Waals surface area contributed by atoms with Gasteiger partial charge in [0.05, 0.1) is 5.75 Å². The Morgan fingerprint density at radius 1 is 1.00 bits per heavy atom. The number of aromatic nitrogens is 1. The number of hydrogen-bond acceptors (Lipinski definition) is 3. The van der Waals surface area contributed by atoms with Crippen molar-refractivity contribution in [3.8, 4) is 11.3 Å². The standard InChI is InChI=1S/C19H16ClNO3S/c1-13-11-17(15-5-3-2-4-6-15)21-19(22)18(13)25(23,24)12-14-7-9-16(20)10-8-14/h2-11H,12H2,1H3,(H,21,22). The van der Waals surface area contributed by atoms with E-state index in [1.165, 1.54) is 0 Å². The maximum absolute atomic E-state index is 12.7. The average molecular weight is 374 g/mol. The largest absolute Gasteiger partial charge is 0.321 e. The predicted octanol–water partition coefficient (Wildman–Crippen LogP) is 3.98. The third-order valence-electron chi connectivity index (χ3n) is 3.84. The van der Waals surface area contributed by atoms with E-state index in [1.807, 2.05) is 30.3 Å². The number of aromatic amines is 1. The van der Waals surface area contributed by atoms with E-state index < -0.39 is 15.4 Å². The minimum atomic E-state index is -3.77. The van der Waals surface area contributed by atoms with Gasteiger partial charge in [0.2, 0.25) is 0 Å². The van der Waals surface area contributed by atoms with E-state index in [9.17, 15) is 13.2 Å². The normalized spacial score (nSPS) is 11.4. The summed E-state index contributed by atoms with van der Waals surface area (Å²) in [6, 6.07) is 17.5. The first kappa shape index (κ1) is 17.5. The lowest BCUT2D eigenvalue weighted by Gasteiger charge is -2.10. The van der Waals surface area contributed by atoms with Gasteiger partial charge in [0.15, 0.2) is 9.84 Å². The second-order valence-electron chi connectivity index (χ2n) is 5.78. The Hall–Kier alpha value is -2.37. The van der Waals surface area contributed by atoms with Gasteiger partial charge in [0.25, 0.3) is 5.56 Å². The van der Waals surface area contributed by atoms with E-state index in [1.54, 1.807) is 37.3 Å². The molecule has 3 rings (SSSR count). The van der Waals surface area contributed by atoms with Crippen LogP contribution in [-0.2, 0) is 15.6 Å². The van der Waals surface area contributed by atoms with Crippen molar-refractivity contribution >= 4 is 21.4 Å². The molecule has 0 radical (unpaired) electrons. The van der Waals surface area contributed by atoms with Crippen LogP contribution in [0.1, 0.15) is 11.1 Å². The van der Waals surface area contributed by atoms with E-state index >= 15 is 0 Å². The van der Waals surface area contributed by atoms with Crippen molar-refractivity contribution in [2.75, 3.05) is 0 Å². The van der Waals surface area contributed by atoms with Crippen molar-refractivity contribution in [3.63, 3.8) is 0 Å². The lowest BCUT2D eigenvalue weighted by Crippen LogP contribution is -2.21. The molecule has 4 nitrogen and oxygen atoms in total. The SMILES string of the molecule is Cc1cc(-c2ccccc2)[nH]c(=O)c1S(=O)(=O)Cc1ccc(Cl)cc1. The molecule has 0 aliphatic rings. The van der Waals surface area contributed by atoms with Gasteiger partial charge in [-0.05, 0) is 41.8 Å². The first-order chi connectivity index (χ1) is 11.9. The number of pyridine rings is 1. The highest BCUT2D eigenvalue weighted by atomic mass is 35.5. The summed E-state index contributed by atoms with van der Waals surface area (Å²) in [5, 5.41) is 0.530. The average Bonchev–Trinajstić information content (AvgIpc) is 2.56. The van der Waals surface area contributed by atoms with Crippen LogP contribution in [0.2, 0.25) is 5.02 Å². The van der Waals surface area contributed by atoms with Gasteiger partial charge in [-0.15, -0.1) is 0 Å². The number of hydrogen-bond donors (Lipinski definition) is 1. The number of H-pyrrole nitrogens is 1. The molecule has 0 amide bonds. The second kappa shape index (κ2) is 6.86. The summed E-state index contributed by atoms with van der Waals surface area (Å²) >= 11 is 5.82. The molecular weight excluding hydrogens is 358 g/mol. The van der Waals surface area contributed by atoms with Crippen molar-refractivity contribution in [2.24, 2.45) is 0 Å². The van der Waals surface area contributed by atoms with Gasteiger partial charge < -0.3 is 4.98 Å². The smallest absolute Gasteiger partial charge is 0.267 e. The molecule has 0 bridgehead atoms. The van der Waals surface area contributed by atoms with Gasteiger partial charge in [-0.2, -0.15) is 0 Å². The Balaban J connectivity index is 2.02. The number of halogens is 1. The predicted molar refractivity (Wildman–Crippen MR) is 99.6 cm³/mol. The third kappa shape index (κ3) is 3.83. The second-order valence-corrected chi connectivity index (χ2v) is 8.14. The molecule has 0 aliphatic heterocycles. The molecule has 0 atom stereocenters. The Bertz CT molecular complexity index is 1060. The number of sulfone groups is 1. The number of rotatable bonds is 4. The lowest BCUT2D eigenvalue weighted by molar-refractivity contribution is 0.593. The highest BCUT2D eigenvalue weighted by Crippen LogP contribution is 2.22. The summed E-state index contributed by atoms with van der Waals surface area (Å²) in [4.78, 5) is 15.0. The summed E-state index contributed by atoms with van der Waals surface area (Å²) in [5.74, 6) is -0.251. The number of benzene rings is 2. The molecule has 6 heteroatoms. The molecule has 0 aliphatic carbocycles. The van der Waals surface area contributed by atoms with E-state index in [-0.39, 0.29) is 10.6 Å². The Labute approximate surface area is 151 Å². The molecule has 1 heterocycles. The quantitative estimate of drug-likeness (QED) is 0.752. The fourth-order valence-corrected chi connectivity index (χ4v) is 4.49. The summed E-state index contributed by atoms with van der Waals surface area (Å²) in [7, 11) is -3.77. The van der Waals surface area contributed by atoms with Crippen LogP contribution in [0.15, 0.2) is 70.4 Å². The summed E-state index contributed by atoms with van der Waals surface area (Å²) in [5.41, 5.74) is 1.82. The molecular formula is C19H16ClNO3S. The van der Waals surface area contributed by atoms with Crippen LogP contribution in [-0.4, -0.2) is 13.4 Å². The molecule has 0 fully saturated rings. The van der Waals surface area contributed by atoms with Crippen molar-refractivity contribution in [3.05, 3.63) is 87.2 Å². The fourth-order valence-electron chi connectivity index (χ4n) is 2.71. The van der Waals surface area contributed by atoms with Gasteiger partial charge in [-0.3, -0.25) is 4.79 Å². The summed E-state index contributed by atoms with van der Waals surface area (Å²) in [6.07, 6.45) is 0. The maximum atomic E-state index is 12.7. The fraction of sp³-hybridized carbons (Fsp3) is 0.105. The highest BCUT2D eigenvalue weighted by Gasteiger charge is 2.22. The molecule has 0 unspecified atom stereocenters. The van der Waals surface area contributed by atoms with Gasteiger partial charge in [-0.1, -0.05) is 54.1 Å². The van der Waals surface area contributed by atoms with Gasteiger partial charge >= 0.3 is 0 Å². The van der Waals surface area contributed by atoms with Crippen molar-refractivity contribution in [1.82, 2.24) is 4.98 Å². The van der Waals surface area contributed by atoms with Gasteiger partial charge in [0, 0.05) is 10.7 Å². The van der Waals surface area contributed by atoms with Crippen LogP contribution in [0.25, 0.3) is 11.3 Å². The Kier molecular flexibility index (Phi) is 4.79. The third-order valence-corrected chi connectivity index (χ3v) is 5.93. The van der Waals surface area contributed by atoms with Crippen molar-refractivity contribution in [1.29, 1.82) is 0 Å². The number of nitrogens with one attached hydrogen (secondary N) is 1. The Morgan fingerprint density at radius 3 is 2.24 bits per heavy atom. The molecule has 128 valence electrons. The van der Waals surface area contributed by atoms with Crippen LogP contribution in [0.5, 0.6) is 0 Å². The minimum absolute atomic E-state index is 0.192. The maximum Gasteiger partial charge on any atom is 0.267 e. The van der Waals surface area contributed by atoms with Gasteiger partial charge in [-0.25, -0.2) is 8.42 Å². The molecule has 0 saturated heterocycles. The monoisotopic (exact) mass is 373 g/mol.